The number of hydrogen-bond donors (Lipinski definition) is 1. The van der Waals surface area contributed by atoms with Crippen molar-refractivity contribution in [1.29, 1.82) is 0 Å². The van der Waals surface area contributed by atoms with Gasteiger partial charge in [0.05, 0.1) is 5.75 Å². The van der Waals surface area contributed by atoms with Gasteiger partial charge >= 0.3 is 0 Å². The highest BCUT2D eigenvalue weighted by Gasteiger charge is 2.31. The van der Waals surface area contributed by atoms with Gasteiger partial charge in [0.25, 0.3) is 0 Å². The molecule has 16 heavy (non-hydrogen) atoms. The van der Waals surface area contributed by atoms with Gasteiger partial charge in [0, 0.05) is 18.6 Å². The van der Waals surface area contributed by atoms with Gasteiger partial charge in [-0.3, -0.25) is 0 Å². The zero-order valence-electron chi connectivity index (χ0n) is 10.8. The molecule has 0 saturated carbocycles. The molecular formula is C11H24N2O2S. The minimum Gasteiger partial charge on any atom is -0.313 e. The van der Waals surface area contributed by atoms with E-state index < -0.39 is 10.0 Å². The second-order valence-corrected chi connectivity index (χ2v) is 7.61. The summed E-state index contributed by atoms with van der Waals surface area (Å²) in [5.74, 6) is 0.223. The van der Waals surface area contributed by atoms with E-state index >= 15 is 0 Å². The van der Waals surface area contributed by atoms with E-state index in [9.17, 15) is 8.42 Å². The Bertz CT molecular complexity index is 313. The first kappa shape index (κ1) is 13.9. The van der Waals surface area contributed by atoms with Crippen LogP contribution in [-0.4, -0.2) is 43.6 Å². The van der Waals surface area contributed by atoms with Gasteiger partial charge in [-0.15, -0.1) is 0 Å². The van der Waals surface area contributed by atoms with Crippen LogP contribution in [0.2, 0.25) is 0 Å². The lowest BCUT2D eigenvalue weighted by Gasteiger charge is -2.33. The van der Waals surface area contributed by atoms with Crippen molar-refractivity contribution >= 4 is 10.0 Å². The van der Waals surface area contributed by atoms with E-state index in [2.05, 4.69) is 5.32 Å². The summed E-state index contributed by atoms with van der Waals surface area (Å²) in [6, 6.07) is 0.128. The molecule has 1 N–H and O–H groups in total. The average molecular weight is 248 g/mol. The Hall–Kier alpha value is -0.130. The highest BCUT2D eigenvalue weighted by molar-refractivity contribution is 7.89. The number of sulfonamides is 1. The number of rotatable bonds is 3. The SMILES string of the molecule is CN(C(C)(C)C)S(=O)(=O)CC1CCCCN1. The first-order chi connectivity index (χ1) is 7.23. The maximum atomic E-state index is 12.1. The van der Waals surface area contributed by atoms with Gasteiger partial charge < -0.3 is 5.32 Å². The van der Waals surface area contributed by atoms with Crippen LogP contribution in [-0.2, 0) is 10.0 Å². The minimum absolute atomic E-state index is 0.128. The number of piperidine rings is 1. The van der Waals surface area contributed by atoms with Crippen LogP contribution in [0.4, 0.5) is 0 Å². The summed E-state index contributed by atoms with van der Waals surface area (Å²) in [7, 11) is -1.48. The molecule has 0 aromatic carbocycles. The average Bonchev–Trinajstić information content (AvgIpc) is 2.16. The molecule has 0 aromatic heterocycles. The van der Waals surface area contributed by atoms with E-state index in [1.54, 1.807) is 7.05 Å². The molecule has 0 aromatic rings. The Labute approximate surface area is 99.5 Å². The monoisotopic (exact) mass is 248 g/mol. The third-order valence-corrected chi connectivity index (χ3v) is 5.39. The van der Waals surface area contributed by atoms with Crippen molar-refractivity contribution in [3.63, 3.8) is 0 Å². The van der Waals surface area contributed by atoms with E-state index in [4.69, 9.17) is 0 Å². The number of nitrogens with one attached hydrogen (secondary N) is 1. The van der Waals surface area contributed by atoms with Crippen LogP contribution < -0.4 is 5.32 Å². The van der Waals surface area contributed by atoms with Crippen molar-refractivity contribution in [3.05, 3.63) is 0 Å². The summed E-state index contributed by atoms with van der Waals surface area (Å²) >= 11 is 0. The predicted octanol–water partition coefficient (Wildman–Crippen LogP) is 1.19. The van der Waals surface area contributed by atoms with Gasteiger partial charge in [-0.1, -0.05) is 6.42 Å². The molecule has 1 fully saturated rings. The molecule has 1 unspecified atom stereocenters. The molecule has 1 aliphatic heterocycles. The lowest BCUT2D eigenvalue weighted by atomic mass is 10.1. The fraction of sp³-hybridized carbons (Fsp3) is 1.00. The smallest absolute Gasteiger partial charge is 0.215 e. The third-order valence-electron chi connectivity index (χ3n) is 3.19. The molecule has 0 spiro atoms. The van der Waals surface area contributed by atoms with Crippen LogP contribution in [0.5, 0.6) is 0 Å². The van der Waals surface area contributed by atoms with Crippen molar-refractivity contribution in [2.24, 2.45) is 0 Å². The molecular weight excluding hydrogens is 224 g/mol. The Balaban J connectivity index is 2.63. The van der Waals surface area contributed by atoms with E-state index in [1.807, 2.05) is 20.8 Å². The largest absolute Gasteiger partial charge is 0.313 e. The summed E-state index contributed by atoms with van der Waals surface area (Å²) in [6.45, 7) is 6.69. The van der Waals surface area contributed by atoms with Gasteiger partial charge in [-0.2, -0.15) is 4.31 Å². The lowest BCUT2D eigenvalue weighted by molar-refractivity contribution is 0.288. The second-order valence-electron chi connectivity index (χ2n) is 5.56. The molecule has 0 amide bonds. The molecule has 0 aliphatic carbocycles. The first-order valence-electron chi connectivity index (χ1n) is 5.93. The van der Waals surface area contributed by atoms with Crippen molar-refractivity contribution in [2.75, 3.05) is 19.3 Å². The van der Waals surface area contributed by atoms with E-state index in [0.717, 1.165) is 25.8 Å². The standard InChI is InChI=1S/C11H24N2O2S/c1-11(2,3)13(4)16(14,15)9-10-7-5-6-8-12-10/h10,12H,5-9H2,1-4H3. The number of nitrogens with zero attached hydrogens (tertiary/aromatic N) is 1. The predicted molar refractivity (Wildman–Crippen MR) is 66.9 cm³/mol. The molecule has 4 nitrogen and oxygen atoms in total. The second kappa shape index (κ2) is 5.02. The molecule has 5 heteroatoms. The summed E-state index contributed by atoms with van der Waals surface area (Å²) in [6.07, 6.45) is 3.26. The molecule has 1 atom stereocenters. The van der Waals surface area contributed by atoms with Crippen LogP contribution in [0.15, 0.2) is 0 Å². The summed E-state index contributed by atoms with van der Waals surface area (Å²) in [4.78, 5) is 0. The normalized spacial score (nSPS) is 23.7. The first-order valence-corrected chi connectivity index (χ1v) is 7.54. The molecule has 1 aliphatic rings. The van der Waals surface area contributed by atoms with Gasteiger partial charge in [-0.25, -0.2) is 8.42 Å². The van der Waals surface area contributed by atoms with E-state index in [0.29, 0.717) is 0 Å². The zero-order valence-corrected chi connectivity index (χ0v) is 11.6. The lowest BCUT2D eigenvalue weighted by Crippen LogP contribution is -2.48. The fourth-order valence-electron chi connectivity index (χ4n) is 1.85. The van der Waals surface area contributed by atoms with Gasteiger partial charge in [-0.05, 0) is 40.2 Å². The Morgan fingerprint density at radius 1 is 1.31 bits per heavy atom. The van der Waals surface area contributed by atoms with Crippen LogP contribution >= 0.6 is 0 Å². The maximum absolute atomic E-state index is 12.1. The van der Waals surface area contributed by atoms with Crippen LogP contribution in [0.3, 0.4) is 0 Å². The van der Waals surface area contributed by atoms with Gasteiger partial charge in [0.15, 0.2) is 0 Å². The highest BCUT2D eigenvalue weighted by atomic mass is 32.2. The van der Waals surface area contributed by atoms with E-state index in [1.165, 1.54) is 4.31 Å². The summed E-state index contributed by atoms with van der Waals surface area (Å²) < 4.78 is 25.7. The summed E-state index contributed by atoms with van der Waals surface area (Å²) in [5, 5.41) is 3.28. The molecule has 1 heterocycles. The Morgan fingerprint density at radius 2 is 1.94 bits per heavy atom. The molecule has 0 radical (unpaired) electrons. The third kappa shape index (κ3) is 3.71. The van der Waals surface area contributed by atoms with E-state index in [-0.39, 0.29) is 17.3 Å². The van der Waals surface area contributed by atoms with Crippen molar-refractivity contribution in [1.82, 2.24) is 9.62 Å². The van der Waals surface area contributed by atoms with Crippen molar-refractivity contribution in [2.45, 2.75) is 51.6 Å². The topological polar surface area (TPSA) is 49.4 Å². The van der Waals surface area contributed by atoms with Crippen molar-refractivity contribution < 1.29 is 8.42 Å². The van der Waals surface area contributed by atoms with Crippen LogP contribution in [0.1, 0.15) is 40.0 Å². The molecule has 96 valence electrons. The Morgan fingerprint density at radius 3 is 2.38 bits per heavy atom. The van der Waals surface area contributed by atoms with Gasteiger partial charge in [0.2, 0.25) is 10.0 Å². The highest BCUT2D eigenvalue weighted by Crippen LogP contribution is 2.18. The van der Waals surface area contributed by atoms with Gasteiger partial charge in [0.1, 0.15) is 0 Å². The minimum atomic E-state index is -3.15. The van der Waals surface area contributed by atoms with Crippen LogP contribution in [0.25, 0.3) is 0 Å². The molecule has 0 bridgehead atoms. The fourth-order valence-corrected chi connectivity index (χ4v) is 3.70. The van der Waals surface area contributed by atoms with Crippen LogP contribution in [0, 0.1) is 0 Å². The summed E-state index contributed by atoms with van der Waals surface area (Å²) in [5.41, 5.74) is -0.340. The number of hydrogen-bond acceptors (Lipinski definition) is 3. The maximum Gasteiger partial charge on any atom is 0.215 e. The quantitative estimate of drug-likeness (QED) is 0.816. The zero-order chi connectivity index (χ0) is 12.4. The molecule has 1 saturated heterocycles. The Kier molecular flexibility index (Phi) is 4.37. The van der Waals surface area contributed by atoms with Crippen molar-refractivity contribution in [3.8, 4) is 0 Å². The molecule has 1 rings (SSSR count).